The third-order valence-corrected chi connectivity index (χ3v) is 4.28. The molecular weight excluding hydrogens is 358 g/mol. The smallest absolute Gasteiger partial charge is 0.265 e. The maximum Gasteiger partial charge on any atom is 0.265 e. The second kappa shape index (κ2) is 7.36. The molecular formula is C20H17N5O3. The van der Waals surface area contributed by atoms with Gasteiger partial charge < -0.3 is 10.3 Å². The number of anilines is 1. The summed E-state index contributed by atoms with van der Waals surface area (Å²) in [6.07, 6.45) is 0.0607. The SMILES string of the molecule is O=C(CCn1[nH]c(=O)ccc1=O)Nc1ccc(-c2nc3ccccc3[nH]2)cc1. The van der Waals surface area contributed by atoms with Gasteiger partial charge in [-0.25, -0.2) is 9.67 Å². The van der Waals surface area contributed by atoms with Crippen LogP contribution in [0.3, 0.4) is 0 Å². The number of H-pyrrole nitrogens is 2. The van der Waals surface area contributed by atoms with Gasteiger partial charge in [-0.1, -0.05) is 12.1 Å². The number of rotatable bonds is 5. The van der Waals surface area contributed by atoms with Crippen molar-refractivity contribution in [1.29, 1.82) is 0 Å². The molecule has 0 radical (unpaired) electrons. The van der Waals surface area contributed by atoms with Gasteiger partial charge in [-0.3, -0.25) is 19.5 Å². The average Bonchev–Trinajstić information content (AvgIpc) is 3.13. The summed E-state index contributed by atoms with van der Waals surface area (Å²) >= 11 is 0. The van der Waals surface area contributed by atoms with Crippen LogP contribution in [-0.2, 0) is 11.3 Å². The average molecular weight is 375 g/mol. The highest BCUT2D eigenvalue weighted by atomic mass is 16.2. The summed E-state index contributed by atoms with van der Waals surface area (Å²) in [4.78, 5) is 42.8. The van der Waals surface area contributed by atoms with E-state index in [1.54, 1.807) is 12.1 Å². The molecule has 3 N–H and O–H groups in total. The number of para-hydroxylation sites is 2. The van der Waals surface area contributed by atoms with E-state index in [9.17, 15) is 14.4 Å². The van der Waals surface area contributed by atoms with Gasteiger partial charge in [0.15, 0.2) is 0 Å². The highest BCUT2D eigenvalue weighted by Gasteiger charge is 2.07. The Labute approximate surface area is 158 Å². The van der Waals surface area contributed by atoms with Crippen LogP contribution in [0, 0.1) is 0 Å². The lowest BCUT2D eigenvalue weighted by Crippen LogP contribution is -2.29. The molecule has 4 rings (SSSR count). The van der Waals surface area contributed by atoms with E-state index in [0.29, 0.717) is 5.69 Å². The van der Waals surface area contributed by atoms with Crippen molar-refractivity contribution >= 4 is 22.6 Å². The standard InChI is InChI=1S/C20H17N5O3/c26-17(11-12-25-19(28)10-9-18(27)24-25)21-14-7-5-13(6-8-14)20-22-15-3-1-2-4-16(15)23-20/h1-10H,11-12H2,(H,21,26)(H,22,23)(H,24,27). The van der Waals surface area contributed by atoms with Gasteiger partial charge in [0.1, 0.15) is 5.82 Å². The Bertz CT molecular complexity index is 1220. The van der Waals surface area contributed by atoms with Gasteiger partial charge in [0.2, 0.25) is 5.91 Å². The van der Waals surface area contributed by atoms with Gasteiger partial charge in [0, 0.05) is 29.8 Å². The van der Waals surface area contributed by atoms with Gasteiger partial charge >= 0.3 is 0 Å². The van der Waals surface area contributed by atoms with Crippen molar-refractivity contribution in [3.63, 3.8) is 0 Å². The second-order valence-corrected chi connectivity index (χ2v) is 6.28. The summed E-state index contributed by atoms with van der Waals surface area (Å²) in [5, 5.41) is 5.16. The first-order valence-corrected chi connectivity index (χ1v) is 8.74. The molecule has 2 aromatic carbocycles. The Kier molecular flexibility index (Phi) is 4.59. The Morgan fingerprint density at radius 2 is 1.79 bits per heavy atom. The summed E-state index contributed by atoms with van der Waals surface area (Å²) in [5.41, 5.74) is 2.65. The van der Waals surface area contributed by atoms with Crippen molar-refractivity contribution < 1.29 is 4.79 Å². The number of nitrogens with one attached hydrogen (secondary N) is 3. The summed E-state index contributed by atoms with van der Waals surface area (Å²) in [6, 6.07) is 17.4. The normalized spacial score (nSPS) is 10.9. The van der Waals surface area contributed by atoms with Gasteiger partial charge in [0.25, 0.3) is 11.1 Å². The Hall–Kier alpha value is -3.94. The number of imidazole rings is 1. The third kappa shape index (κ3) is 3.75. The van der Waals surface area contributed by atoms with Gasteiger partial charge in [-0.2, -0.15) is 0 Å². The molecule has 0 saturated heterocycles. The molecule has 0 spiro atoms. The number of aromatic nitrogens is 4. The van der Waals surface area contributed by atoms with Crippen molar-refractivity contribution in [2.45, 2.75) is 13.0 Å². The quantitative estimate of drug-likeness (QED) is 0.496. The van der Waals surface area contributed by atoms with Crippen molar-refractivity contribution in [3.05, 3.63) is 81.4 Å². The predicted molar refractivity (Wildman–Crippen MR) is 106 cm³/mol. The van der Waals surface area contributed by atoms with E-state index < -0.39 is 0 Å². The molecule has 4 aromatic rings. The molecule has 0 aliphatic rings. The molecule has 28 heavy (non-hydrogen) atoms. The van der Waals surface area contributed by atoms with E-state index >= 15 is 0 Å². The zero-order chi connectivity index (χ0) is 19.5. The highest BCUT2D eigenvalue weighted by Crippen LogP contribution is 2.22. The Morgan fingerprint density at radius 1 is 1.00 bits per heavy atom. The number of aromatic amines is 2. The molecule has 8 heteroatoms. The van der Waals surface area contributed by atoms with Crippen LogP contribution in [0.1, 0.15) is 6.42 Å². The number of carbonyl (C=O) groups is 1. The van der Waals surface area contributed by atoms with E-state index in [4.69, 9.17) is 0 Å². The lowest BCUT2D eigenvalue weighted by Gasteiger charge is -2.07. The first-order valence-electron chi connectivity index (χ1n) is 8.74. The molecule has 8 nitrogen and oxygen atoms in total. The zero-order valence-corrected chi connectivity index (χ0v) is 14.8. The van der Waals surface area contributed by atoms with Crippen LogP contribution in [0.25, 0.3) is 22.4 Å². The first-order chi connectivity index (χ1) is 13.6. The molecule has 2 heterocycles. The van der Waals surface area contributed by atoms with E-state index in [-0.39, 0.29) is 30.0 Å². The minimum atomic E-state index is -0.388. The van der Waals surface area contributed by atoms with E-state index in [1.165, 1.54) is 6.07 Å². The Balaban J connectivity index is 1.41. The predicted octanol–water partition coefficient (Wildman–Crippen LogP) is 2.11. The van der Waals surface area contributed by atoms with Crippen LogP contribution in [0.4, 0.5) is 5.69 Å². The van der Waals surface area contributed by atoms with Crippen LogP contribution in [0.5, 0.6) is 0 Å². The molecule has 140 valence electrons. The third-order valence-electron chi connectivity index (χ3n) is 4.28. The van der Waals surface area contributed by atoms with Crippen LogP contribution < -0.4 is 16.4 Å². The summed E-state index contributed by atoms with van der Waals surface area (Å²) in [7, 11) is 0. The van der Waals surface area contributed by atoms with Gasteiger partial charge in [-0.05, 0) is 36.4 Å². The zero-order valence-electron chi connectivity index (χ0n) is 14.8. The molecule has 0 unspecified atom stereocenters. The maximum atomic E-state index is 12.1. The molecule has 2 aromatic heterocycles. The minimum absolute atomic E-state index is 0.0607. The number of nitrogens with zero attached hydrogens (tertiary/aromatic N) is 2. The molecule has 0 atom stereocenters. The molecule has 0 saturated carbocycles. The number of hydrogen-bond acceptors (Lipinski definition) is 4. The molecule has 0 aliphatic carbocycles. The fourth-order valence-electron chi connectivity index (χ4n) is 2.87. The lowest BCUT2D eigenvalue weighted by atomic mass is 10.2. The summed E-state index contributed by atoms with van der Waals surface area (Å²) in [6.45, 7) is 0.0951. The summed E-state index contributed by atoms with van der Waals surface area (Å²) < 4.78 is 1.12. The number of aryl methyl sites for hydroxylation is 1. The minimum Gasteiger partial charge on any atom is -0.338 e. The van der Waals surface area contributed by atoms with E-state index in [0.717, 1.165) is 33.2 Å². The molecule has 0 fully saturated rings. The van der Waals surface area contributed by atoms with E-state index in [1.807, 2.05) is 36.4 Å². The van der Waals surface area contributed by atoms with Gasteiger partial charge in [-0.15, -0.1) is 0 Å². The lowest BCUT2D eigenvalue weighted by molar-refractivity contribution is -0.116. The topological polar surface area (TPSA) is 113 Å². The largest absolute Gasteiger partial charge is 0.338 e. The van der Waals surface area contributed by atoms with Crippen molar-refractivity contribution in [2.75, 3.05) is 5.32 Å². The van der Waals surface area contributed by atoms with Crippen LogP contribution >= 0.6 is 0 Å². The fraction of sp³-hybridized carbons (Fsp3) is 0.100. The van der Waals surface area contributed by atoms with Crippen molar-refractivity contribution in [1.82, 2.24) is 19.7 Å². The Morgan fingerprint density at radius 3 is 2.57 bits per heavy atom. The summed E-state index contributed by atoms with van der Waals surface area (Å²) in [5.74, 6) is 0.500. The monoisotopic (exact) mass is 375 g/mol. The number of hydrogen-bond donors (Lipinski definition) is 3. The van der Waals surface area contributed by atoms with E-state index in [2.05, 4.69) is 20.4 Å². The highest BCUT2D eigenvalue weighted by molar-refractivity contribution is 5.91. The van der Waals surface area contributed by atoms with Crippen LogP contribution in [0.15, 0.2) is 70.3 Å². The number of carbonyl (C=O) groups excluding carboxylic acids is 1. The maximum absolute atomic E-state index is 12.1. The first kappa shape index (κ1) is 17.5. The van der Waals surface area contributed by atoms with Gasteiger partial charge in [0.05, 0.1) is 17.6 Å². The number of amides is 1. The van der Waals surface area contributed by atoms with Crippen LogP contribution in [-0.4, -0.2) is 25.7 Å². The van der Waals surface area contributed by atoms with Crippen molar-refractivity contribution in [2.24, 2.45) is 0 Å². The number of fused-ring (bicyclic) bond motifs is 1. The molecule has 0 bridgehead atoms. The molecule has 0 aliphatic heterocycles. The molecule has 1 amide bonds. The number of benzene rings is 2. The van der Waals surface area contributed by atoms with Crippen molar-refractivity contribution in [3.8, 4) is 11.4 Å². The second-order valence-electron chi connectivity index (χ2n) is 6.28. The fourth-order valence-corrected chi connectivity index (χ4v) is 2.87. The van der Waals surface area contributed by atoms with Crippen LogP contribution in [0.2, 0.25) is 0 Å².